The Kier molecular flexibility index (Phi) is 4.63. The summed E-state index contributed by atoms with van der Waals surface area (Å²) in [5.41, 5.74) is 5.08. The van der Waals surface area contributed by atoms with E-state index < -0.39 is 10.0 Å². The highest BCUT2D eigenvalue weighted by Crippen LogP contribution is 2.28. The van der Waals surface area contributed by atoms with E-state index in [4.69, 9.17) is 4.52 Å². The lowest BCUT2D eigenvalue weighted by molar-refractivity contribution is 0.393. The number of anilines is 1. The van der Waals surface area contributed by atoms with Crippen LogP contribution in [0, 0.1) is 20.8 Å². The third-order valence-corrected chi connectivity index (χ3v) is 5.22. The summed E-state index contributed by atoms with van der Waals surface area (Å²) in [4.78, 5) is 0. The Labute approximate surface area is 147 Å². The van der Waals surface area contributed by atoms with Gasteiger partial charge in [0, 0.05) is 11.3 Å². The maximum Gasteiger partial charge on any atom is 0.236 e. The Morgan fingerprint density at radius 3 is 2.16 bits per heavy atom. The van der Waals surface area contributed by atoms with Crippen LogP contribution in [0.25, 0.3) is 11.1 Å². The van der Waals surface area contributed by atoms with Crippen LogP contribution in [0.2, 0.25) is 0 Å². The fourth-order valence-corrected chi connectivity index (χ4v) is 3.92. The number of sulfonamides is 1. The minimum absolute atomic E-state index is 0.0566. The molecule has 0 fully saturated rings. The summed E-state index contributed by atoms with van der Waals surface area (Å²) in [6.45, 7) is 5.70. The summed E-state index contributed by atoms with van der Waals surface area (Å²) in [7, 11) is -3.46. The Balaban J connectivity index is 1.75. The lowest BCUT2D eigenvalue weighted by atomic mass is 10.0. The lowest BCUT2D eigenvalue weighted by Crippen LogP contribution is -2.15. The average molecular weight is 356 g/mol. The molecule has 0 spiro atoms. The smallest absolute Gasteiger partial charge is 0.236 e. The van der Waals surface area contributed by atoms with Crippen molar-refractivity contribution in [1.29, 1.82) is 0 Å². The van der Waals surface area contributed by atoms with E-state index >= 15 is 0 Å². The Morgan fingerprint density at radius 1 is 0.960 bits per heavy atom. The highest BCUT2D eigenvalue weighted by atomic mass is 32.2. The van der Waals surface area contributed by atoms with Crippen molar-refractivity contribution in [3.05, 3.63) is 71.1 Å². The fraction of sp³-hybridized carbons (Fsp3) is 0.211. The first-order valence-corrected chi connectivity index (χ1v) is 9.58. The van der Waals surface area contributed by atoms with Gasteiger partial charge in [-0.15, -0.1) is 0 Å². The van der Waals surface area contributed by atoms with Crippen LogP contribution in [-0.4, -0.2) is 13.6 Å². The van der Waals surface area contributed by atoms with E-state index in [1.165, 1.54) is 0 Å². The summed E-state index contributed by atoms with van der Waals surface area (Å²) in [5, 5.41) is 3.94. The SMILES string of the molecule is Cc1ccc(CS(=O)(=O)Nc2ccc(-c3c(C)noc3C)cc2)cc1. The van der Waals surface area contributed by atoms with E-state index in [1.807, 2.05) is 57.2 Å². The number of rotatable bonds is 5. The van der Waals surface area contributed by atoms with Crippen LogP contribution in [0.3, 0.4) is 0 Å². The number of aromatic nitrogens is 1. The van der Waals surface area contributed by atoms with E-state index in [1.54, 1.807) is 12.1 Å². The van der Waals surface area contributed by atoms with Gasteiger partial charge >= 0.3 is 0 Å². The van der Waals surface area contributed by atoms with Gasteiger partial charge in [0.25, 0.3) is 0 Å². The molecule has 6 heteroatoms. The van der Waals surface area contributed by atoms with Gasteiger partial charge in [0.1, 0.15) is 5.76 Å². The van der Waals surface area contributed by atoms with Crippen molar-refractivity contribution in [3.63, 3.8) is 0 Å². The predicted molar refractivity (Wildman–Crippen MR) is 98.8 cm³/mol. The van der Waals surface area contributed by atoms with E-state index in [9.17, 15) is 8.42 Å². The van der Waals surface area contributed by atoms with E-state index in [2.05, 4.69) is 9.88 Å². The van der Waals surface area contributed by atoms with Crippen molar-refractivity contribution in [3.8, 4) is 11.1 Å². The first-order chi connectivity index (χ1) is 11.8. The van der Waals surface area contributed by atoms with Crippen molar-refractivity contribution in [2.75, 3.05) is 4.72 Å². The van der Waals surface area contributed by atoms with Crippen molar-refractivity contribution in [1.82, 2.24) is 5.16 Å². The van der Waals surface area contributed by atoms with E-state index in [0.29, 0.717) is 5.69 Å². The third-order valence-electron chi connectivity index (χ3n) is 3.96. The second-order valence-electron chi connectivity index (χ2n) is 6.12. The van der Waals surface area contributed by atoms with Crippen LogP contribution >= 0.6 is 0 Å². The van der Waals surface area contributed by atoms with Crippen LogP contribution in [-0.2, 0) is 15.8 Å². The number of benzene rings is 2. The minimum Gasteiger partial charge on any atom is -0.361 e. The van der Waals surface area contributed by atoms with Gasteiger partial charge in [0.2, 0.25) is 10.0 Å². The monoisotopic (exact) mass is 356 g/mol. The van der Waals surface area contributed by atoms with Gasteiger partial charge in [-0.2, -0.15) is 0 Å². The van der Waals surface area contributed by atoms with Crippen molar-refractivity contribution >= 4 is 15.7 Å². The van der Waals surface area contributed by atoms with Gasteiger partial charge in [-0.1, -0.05) is 47.1 Å². The van der Waals surface area contributed by atoms with E-state index in [0.717, 1.165) is 33.7 Å². The Bertz CT molecular complexity index is 953. The number of aryl methyl sites for hydroxylation is 3. The average Bonchev–Trinajstić information content (AvgIpc) is 2.89. The van der Waals surface area contributed by atoms with Gasteiger partial charge in [-0.3, -0.25) is 4.72 Å². The maximum atomic E-state index is 12.3. The molecule has 0 atom stereocenters. The van der Waals surface area contributed by atoms with Crippen LogP contribution < -0.4 is 4.72 Å². The number of nitrogens with one attached hydrogen (secondary N) is 1. The summed E-state index contributed by atoms with van der Waals surface area (Å²) in [6, 6.07) is 14.7. The Hall–Kier alpha value is -2.60. The Morgan fingerprint density at radius 2 is 1.60 bits per heavy atom. The molecule has 0 radical (unpaired) electrons. The molecule has 0 aliphatic carbocycles. The molecule has 130 valence electrons. The second kappa shape index (κ2) is 6.72. The standard InChI is InChI=1S/C19H20N2O3S/c1-13-4-6-16(7-5-13)12-25(22,23)21-18-10-8-17(9-11-18)19-14(2)20-24-15(19)3/h4-11,21H,12H2,1-3H3. The summed E-state index contributed by atoms with van der Waals surface area (Å²) in [5.74, 6) is 0.684. The third kappa shape index (κ3) is 4.09. The van der Waals surface area contributed by atoms with Crippen LogP contribution in [0.15, 0.2) is 53.1 Å². The molecule has 0 saturated carbocycles. The molecule has 3 rings (SSSR count). The van der Waals surface area contributed by atoms with E-state index in [-0.39, 0.29) is 5.75 Å². The highest BCUT2D eigenvalue weighted by Gasteiger charge is 2.14. The number of hydrogen-bond acceptors (Lipinski definition) is 4. The highest BCUT2D eigenvalue weighted by molar-refractivity contribution is 7.91. The molecule has 25 heavy (non-hydrogen) atoms. The molecule has 0 saturated heterocycles. The predicted octanol–water partition coefficient (Wildman–Crippen LogP) is 4.21. The quantitative estimate of drug-likeness (QED) is 0.743. The molecular weight excluding hydrogens is 336 g/mol. The first kappa shape index (κ1) is 17.2. The van der Waals surface area contributed by atoms with Gasteiger partial charge in [-0.25, -0.2) is 8.42 Å². The van der Waals surface area contributed by atoms with Gasteiger partial charge in [0.15, 0.2) is 0 Å². The van der Waals surface area contributed by atoms with Gasteiger partial charge in [0.05, 0.1) is 11.4 Å². The van der Waals surface area contributed by atoms with Gasteiger partial charge < -0.3 is 4.52 Å². The molecular formula is C19H20N2O3S. The number of nitrogens with zero attached hydrogens (tertiary/aromatic N) is 1. The molecule has 0 unspecified atom stereocenters. The second-order valence-corrected chi connectivity index (χ2v) is 7.85. The molecule has 2 aromatic carbocycles. The summed E-state index contributed by atoms with van der Waals surface area (Å²) >= 11 is 0. The van der Waals surface area contributed by atoms with Crippen molar-refractivity contribution in [2.24, 2.45) is 0 Å². The molecule has 5 nitrogen and oxygen atoms in total. The topological polar surface area (TPSA) is 72.2 Å². The molecule has 0 aliphatic rings. The molecule has 0 aliphatic heterocycles. The summed E-state index contributed by atoms with van der Waals surface area (Å²) < 4.78 is 32.5. The maximum absolute atomic E-state index is 12.3. The molecule has 1 aromatic heterocycles. The molecule has 1 N–H and O–H groups in total. The lowest BCUT2D eigenvalue weighted by Gasteiger charge is -2.09. The first-order valence-electron chi connectivity index (χ1n) is 7.93. The molecule has 3 aromatic rings. The molecule has 1 heterocycles. The fourth-order valence-electron chi connectivity index (χ4n) is 2.72. The minimum atomic E-state index is -3.46. The zero-order valence-corrected chi connectivity index (χ0v) is 15.2. The van der Waals surface area contributed by atoms with Crippen molar-refractivity contribution < 1.29 is 12.9 Å². The summed E-state index contributed by atoms with van der Waals surface area (Å²) in [6.07, 6.45) is 0. The van der Waals surface area contributed by atoms with Crippen LogP contribution in [0.1, 0.15) is 22.6 Å². The largest absolute Gasteiger partial charge is 0.361 e. The zero-order valence-electron chi connectivity index (χ0n) is 14.4. The van der Waals surface area contributed by atoms with Crippen LogP contribution in [0.5, 0.6) is 0 Å². The van der Waals surface area contributed by atoms with Gasteiger partial charge in [-0.05, 0) is 44.0 Å². The zero-order chi connectivity index (χ0) is 18.0. The van der Waals surface area contributed by atoms with Crippen molar-refractivity contribution in [2.45, 2.75) is 26.5 Å². The normalized spacial score (nSPS) is 11.5. The number of hydrogen-bond donors (Lipinski definition) is 1. The molecule has 0 bridgehead atoms. The molecule has 0 amide bonds. The van der Waals surface area contributed by atoms with Crippen LogP contribution in [0.4, 0.5) is 5.69 Å².